The quantitative estimate of drug-likeness (QED) is 0.816. The molecule has 1 heterocycles. The average molecular weight is 310 g/mol. The van der Waals surface area contributed by atoms with Gasteiger partial charge in [0.25, 0.3) is 0 Å². The monoisotopic (exact) mass is 309 g/mol. The van der Waals surface area contributed by atoms with Crippen molar-refractivity contribution < 1.29 is 0 Å². The van der Waals surface area contributed by atoms with Crippen LogP contribution in [0.3, 0.4) is 0 Å². The van der Waals surface area contributed by atoms with E-state index in [0.717, 1.165) is 45.6 Å². The molecule has 1 aromatic heterocycles. The van der Waals surface area contributed by atoms with Gasteiger partial charge in [0.2, 0.25) is 0 Å². The van der Waals surface area contributed by atoms with Crippen molar-refractivity contribution in [1.82, 2.24) is 15.5 Å². The molecule has 0 radical (unpaired) electrons. The van der Waals surface area contributed by atoms with Gasteiger partial charge >= 0.3 is 0 Å². The molecule has 1 aromatic carbocycles. The third kappa shape index (κ3) is 4.01. The van der Waals surface area contributed by atoms with E-state index in [0.29, 0.717) is 6.04 Å². The number of nitrogens with zero attached hydrogens (tertiary/aromatic N) is 2. The van der Waals surface area contributed by atoms with E-state index >= 15 is 0 Å². The number of halogens is 1. The van der Waals surface area contributed by atoms with E-state index in [4.69, 9.17) is 11.6 Å². The van der Waals surface area contributed by atoms with Crippen molar-refractivity contribution >= 4 is 22.9 Å². The molecule has 0 saturated heterocycles. The van der Waals surface area contributed by atoms with Gasteiger partial charge in [-0.3, -0.25) is 0 Å². The molecule has 0 unspecified atom stereocenters. The molecule has 0 saturated carbocycles. The van der Waals surface area contributed by atoms with Crippen LogP contribution >= 0.6 is 22.9 Å². The van der Waals surface area contributed by atoms with E-state index in [9.17, 15) is 0 Å². The first-order valence-electron chi connectivity index (χ1n) is 6.89. The van der Waals surface area contributed by atoms with Gasteiger partial charge in [-0.2, -0.15) is 0 Å². The van der Waals surface area contributed by atoms with Gasteiger partial charge in [0.05, 0.1) is 5.02 Å². The maximum absolute atomic E-state index is 6.33. The fourth-order valence-electron chi connectivity index (χ4n) is 1.91. The van der Waals surface area contributed by atoms with Crippen molar-refractivity contribution in [3.8, 4) is 10.6 Å². The molecule has 0 bridgehead atoms. The topological polar surface area (TPSA) is 37.8 Å². The van der Waals surface area contributed by atoms with Crippen molar-refractivity contribution in [1.29, 1.82) is 0 Å². The second-order valence-corrected chi connectivity index (χ2v) is 6.59. The molecule has 0 aliphatic rings. The first-order chi connectivity index (χ1) is 9.58. The summed E-state index contributed by atoms with van der Waals surface area (Å²) in [6.07, 6.45) is 2.04. The molecule has 0 amide bonds. The molecule has 2 rings (SSSR count). The molecular weight excluding hydrogens is 290 g/mol. The molecule has 0 aliphatic carbocycles. The summed E-state index contributed by atoms with van der Waals surface area (Å²) < 4.78 is 0. The lowest BCUT2D eigenvalue weighted by molar-refractivity contribution is 0.569. The van der Waals surface area contributed by atoms with Gasteiger partial charge < -0.3 is 5.32 Å². The molecule has 3 nitrogen and oxygen atoms in total. The van der Waals surface area contributed by atoms with E-state index in [1.165, 1.54) is 0 Å². The van der Waals surface area contributed by atoms with E-state index in [-0.39, 0.29) is 0 Å². The lowest BCUT2D eigenvalue weighted by Gasteiger charge is -2.05. The second-order valence-electron chi connectivity index (χ2n) is 5.15. The lowest BCUT2D eigenvalue weighted by atomic mass is 10.1. The van der Waals surface area contributed by atoms with Gasteiger partial charge in [0, 0.05) is 18.0 Å². The lowest BCUT2D eigenvalue weighted by Crippen LogP contribution is -2.23. The molecule has 108 valence electrons. The summed E-state index contributed by atoms with van der Waals surface area (Å²) in [5.74, 6) is 0. The van der Waals surface area contributed by atoms with Crippen LogP contribution in [-0.2, 0) is 6.42 Å². The third-order valence-electron chi connectivity index (χ3n) is 3.01. The average Bonchev–Trinajstić information content (AvgIpc) is 2.86. The Kier molecular flexibility index (Phi) is 5.52. The molecule has 0 spiro atoms. The fraction of sp³-hybridized carbons (Fsp3) is 0.467. The number of hydrogen-bond donors (Lipinski definition) is 1. The summed E-state index contributed by atoms with van der Waals surface area (Å²) in [6.45, 7) is 7.33. The van der Waals surface area contributed by atoms with Gasteiger partial charge in [-0.25, -0.2) is 0 Å². The van der Waals surface area contributed by atoms with E-state index in [1.54, 1.807) is 11.3 Å². The van der Waals surface area contributed by atoms with Gasteiger partial charge in [-0.05, 0) is 25.5 Å². The van der Waals surface area contributed by atoms with Crippen molar-refractivity contribution in [2.24, 2.45) is 0 Å². The highest BCUT2D eigenvalue weighted by Crippen LogP contribution is 2.32. The van der Waals surface area contributed by atoms with E-state index < -0.39 is 0 Å². The van der Waals surface area contributed by atoms with Gasteiger partial charge in [0.15, 0.2) is 0 Å². The minimum atomic E-state index is 0.533. The minimum Gasteiger partial charge on any atom is -0.315 e. The first kappa shape index (κ1) is 15.4. The van der Waals surface area contributed by atoms with Crippen LogP contribution in [0.25, 0.3) is 10.6 Å². The predicted molar refractivity (Wildman–Crippen MR) is 86.6 cm³/mol. The SMILES string of the molecule is Cc1cccc(-c2nnc(CCCNC(C)C)s2)c1Cl. The molecule has 1 N–H and O–H groups in total. The zero-order chi connectivity index (χ0) is 14.5. The maximum atomic E-state index is 6.33. The van der Waals surface area contributed by atoms with E-state index in [2.05, 4.69) is 29.4 Å². The smallest absolute Gasteiger partial charge is 0.149 e. The largest absolute Gasteiger partial charge is 0.315 e. The van der Waals surface area contributed by atoms with Gasteiger partial charge in [-0.15, -0.1) is 10.2 Å². The zero-order valence-corrected chi connectivity index (χ0v) is 13.7. The Morgan fingerprint density at radius 1 is 1.30 bits per heavy atom. The number of benzene rings is 1. The van der Waals surface area contributed by atoms with E-state index in [1.807, 2.05) is 25.1 Å². The Labute approximate surface area is 129 Å². The molecule has 5 heteroatoms. The molecule has 0 fully saturated rings. The van der Waals surface area contributed by atoms with Crippen LogP contribution in [0.1, 0.15) is 30.8 Å². The van der Waals surface area contributed by atoms with Crippen LogP contribution in [0.15, 0.2) is 18.2 Å². The van der Waals surface area contributed by atoms with Crippen molar-refractivity contribution in [2.45, 2.75) is 39.7 Å². The normalized spacial score (nSPS) is 11.2. The predicted octanol–water partition coefficient (Wildman–Crippen LogP) is 4.10. The minimum absolute atomic E-state index is 0.533. The maximum Gasteiger partial charge on any atom is 0.149 e. The number of hydrogen-bond acceptors (Lipinski definition) is 4. The Balaban J connectivity index is 2.00. The van der Waals surface area contributed by atoms with Crippen LogP contribution in [0, 0.1) is 6.92 Å². The highest BCUT2D eigenvalue weighted by Gasteiger charge is 2.11. The number of nitrogens with one attached hydrogen (secondary N) is 1. The van der Waals surface area contributed by atoms with Crippen LogP contribution in [0.2, 0.25) is 5.02 Å². The van der Waals surface area contributed by atoms with Gasteiger partial charge in [0.1, 0.15) is 10.0 Å². The summed E-state index contributed by atoms with van der Waals surface area (Å²) in [4.78, 5) is 0. The fourth-order valence-corrected chi connectivity index (χ4v) is 3.09. The zero-order valence-electron chi connectivity index (χ0n) is 12.1. The Morgan fingerprint density at radius 2 is 2.10 bits per heavy atom. The van der Waals surface area contributed by atoms with Crippen molar-refractivity contribution in [3.63, 3.8) is 0 Å². The molecular formula is C15H20ClN3S. The summed E-state index contributed by atoms with van der Waals surface area (Å²) in [6, 6.07) is 6.54. The summed E-state index contributed by atoms with van der Waals surface area (Å²) in [5.41, 5.74) is 2.05. The van der Waals surface area contributed by atoms with Gasteiger partial charge in [-0.1, -0.05) is 55.0 Å². The Morgan fingerprint density at radius 3 is 2.85 bits per heavy atom. The molecule has 0 aliphatic heterocycles. The highest BCUT2D eigenvalue weighted by atomic mass is 35.5. The second kappa shape index (κ2) is 7.16. The first-order valence-corrected chi connectivity index (χ1v) is 8.08. The number of aryl methyl sites for hydroxylation is 2. The van der Waals surface area contributed by atoms with Crippen LogP contribution < -0.4 is 5.32 Å². The number of aromatic nitrogens is 2. The Bertz CT molecular complexity index is 566. The third-order valence-corrected chi connectivity index (χ3v) is 4.53. The number of rotatable bonds is 6. The molecule has 20 heavy (non-hydrogen) atoms. The van der Waals surface area contributed by atoms with Crippen molar-refractivity contribution in [3.05, 3.63) is 33.8 Å². The van der Waals surface area contributed by atoms with Crippen LogP contribution in [0.4, 0.5) is 0 Å². The summed E-state index contributed by atoms with van der Waals surface area (Å²) in [7, 11) is 0. The van der Waals surface area contributed by atoms with Crippen LogP contribution in [0.5, 0.6) is 0 Å². The molecule has 0 atom stereocenters. The summed E-state index contributed by atoms with van der Waals surface area (Å²) >= 11 is 7.96. The molecule has 2 aromatic rings. The van der Waals surface area contributed by atoms with Crippen LogP contribution in [-0.4, -0.2) is 22.8 Å². The summed E-state index contributed by atoms with van der Waals surface area (Å²) in [5, 5.41) is 14.7. The standard InChI is InChI=1S/C15H20ClN3S/c1-10(2)17-9-5-8-13-18-19-15(20-13)12-7-4-6-11(3)14(12)16/h4,6-7,10,17H,5,8-9H2,1-3H3. The highest BCUT2D eigenvalue weighted by molar-refractivity contribution is 7.14. The van der Waals surface area contributed by atoms with Crippen molar-refractivity contribution in [2.75, 3.05) is 6.54 Å². The Hall–Kier alpha value is -0.970.